The summed E-state index contributed by atoms with van der Waals surface area (Å²) < 4.78 is 10.8. The second-order valence-corrected chi connectivity index (χ2v) is 10.3. The van der Waals surface area contributed by atoms with Crippen LogP contribution in [0.5, 0.6) is 5.88 Å². The van der Waals surface area contributed by atoms with Gasteiger partial charge in [-0.05, 0) is 40.5 Å². The van der Waals surface area contributed by atoms with Crippen LogP contribution in [0.1, 0.15) is 51.8 Å². The molecule has 0 spiro atoms. The quantitative estimate of drug-likeness (QED) is 0.681. The largest absolute Gasteiger partial charge is 0.481 e. The molecule has 0 unspecified atom stereocenters. The number of aromatic amines is 1. The van der Waals surface area contributed by atoms with Crippen molar-refractivity contribution in [3.63, 3.8) is 0 Å². The number of fused-ring (bicyclic) bond motifs is 1. The van der Waals surface area contributed by atoms with Gasteiger partial charge in [0.15, 0.2) is 5.82 Å². The maximum atomic E-state index is 13.9. The highest BCUT2D eigenvalue weighted by Crippen LogP contribution is 2.42. The van der Waals surface area contributed by atoms with Crippen LogP contribution in [0.3, 0.4) is 0 Å². The number of hydrogen-bond donors (Lipinski definition) is 2. The number of rotatable bonds is 4. The number of methoxy groups -OCH3 is 1. The number of urea groups is 1. The lowest BCUT2D eigenvalue weighted by atomic mass is 9.99. The number of H-pyrrole nitrogens is 1. The van der Waals surface area contributed by atoms with E-state index in [2.05, 4.69) is 58.1 Å². The minimum atomic E-state index is -0.518. The molecule has 0 aliphatic carbocycles. The van der Waals surface area contributed by atoms with E-state index in [1.54, 1.807) is 19.4 Å². The molecule has 190 valence electrons. The minimum Gasteiger partial charge on any atom is -0.481 e. The molecular formula is C24H36N8O3. The van der Waals surface area contributed by atoms with E-state index in [4.69, 9.17) is 9.47 Å². The van der Waals surface area contributed by atoms with E-state index in [0.29, 0.717) is 36.3 Å². The molecule has 0 radical (unpaired) electrons. The predicted octanol–water partition coefficient (Wildman–Crippen LogP) is 2.70. The van der Waals surface area contributed by atoms with Crippen molar-refractivity contribution in [1.29, 1.82) is 0 Å². The van der Waals surface area contributed by atoms with E-state index in [1.165, 1.54) is 0 Å². The first-order chi connectivity index (χ1) is 16.8. The van der Waals surface area contributed by atoms with Gasteiger partial charge in [0, 0.05) is 62.3 Å². The third-order valence-electron chi connectivity index (χ3n) is 7.71. The van der Waals surface area contributed by atoms with Gasteiger partial charge in [0.05, 0.1) is 24.9 Å². The molecule has 3 aliphatic heterocycles. The Kier molecular flexibility index (Phi) is 6.30. The number of ether oxygens (including phenoxy) is 2. The molecule has 0 saturated carbocycles. The summed E-state index contributed by atoms with van der Waals surface area (Å²) in [6.45, 7) is 12.3. The van der Waals surface area contributed by atoms with Crippen molar-refractivity contribution >= 4 is 17.8 Å². The summed E-state index contributed by atoms with van der Waals surface area (Å²) >= 11 is 0. The fraction of sp³-hybridized carbons (Fsp3) is 0.667. The second kappa shape index (κ2) is 9.27. The number of piperazine rings is 1. The first kappa shape index (κ1) is 23.8. The number of nitrogens with one attached hydrogen (secondary N) is 2. The zero-order chi connectivity index (χ0) is 24.7. The van der Waals surface area contributed by atoms with Crippen LogP contribution in [0.4, 0.5) is 16.6 Å². The highest BCUT2D eigenvalue weighted by Gasteiger charge is 2.47. The van der Waals surface area contributed by atoms with Crippen molar-refractivity contribution in [3.05, 3.63) is 23.5 Å². The smallest absolute Gasteiger partial charge is 0.321 e. The maximum absolute atomic E-state index is 13.9. The van der Waals surface area contributed by atoms with Crippen molar-refractivity contribution in [2.45, 2.75) is 70.7 Å². The van der Waals surface area contributed by atoms with Gasteiger partial charge >= 0.3 is 6.03 Å². The van der Waals surface area contributed by atoms with Gasteiger partial charge in [-0.1, -0.05) is 0 Å². The summed E-state index contributed by atoms with van der Waals surface area (Å²) in [5.41, 5.74) is 1.36. The number of nitrogens with zero attached hydrogens (tertiary/aromatic N) is 6. The number of aromatic nitrogens is 4. The van der Waals surface area contributed by atoms with Gasteiger partial charge in [-0.15, -0.1) is 0 Å². The van der Waals surface area contributed by atoms with Crippen molar-refractivity contribution in [1.82, 2.24) is 34.9 Å². The number of amides is 2. The Morgan fingerprint density at radius 3 is 2.74 bits per heavy atom. The molecule has 3 aliphatic rings. The first-order valence-electron chi connectivity index (χ1n) is 12.4. The van der Waals surface area contributed by atoms with Crippen LogP contribution < -0.4 is 10.1 Å². The van der Waals surface area contributed by atoms with Crippen LogP contribution in [0.2, 0.25) is 0 Å². The molecule has 5 rings (SSSR count). The summed E-state index contributed by atoms with van der Waals surface area (Å²) in [5, 5.41) is 10.8. The molecule has 11 heteroatoms. The highest BCUT2D eigenvalue weighted by atomic mass is 16.5. The molecule has 2 atom stereocenters. The van der Waals surface area contributed by atoms with Gasteiger partial charge in [-0.3, -0.25) is 10.00 Å². The van der Waals surface area contributed by atoms with Crippen molar-refractivity contribution < 1.29 is 14.3 Å². The number of hydrogen-bond acceptors (Lipinski definition) is 8. The number of carbonyl (C=O) groups is 1. The van der Waals surface area contributed by atoms with Gasteiger partial charge in [0.2, 0.25) is 11.8 Å². The summed E-state index contributed by atoms with van der Waals surface area (Å²) in [4.78, 5) is 29.0. The monoisotopic (exact) mass is 484 g/mol. The molecule has 2 saturated heterocycles. The molecule has 11 nitrogen and oxygen atoms in total. The Balaban J connectivity index is 1.31. The molecule has 35 heavy (non-hydrogen) atoms. The third-order valence-corrected chi connectivity index (χ3v) is 7.71. The lowest BCUT2D eigenvalue weighted by Gasteiger charge is -2.49. The van der Waals surface area contributed by atoms with Crippen molar-refractivity contribution in [3.8, 4) is 5.88 Å². The molecule has 2 fully saturated rings. The zero-order valence-corrected chi connectivity index (χ0v) is 21.2. The molecule has 2 aromatic rings. The molecular weight excluding hydrogens is 448 g/mol. The molecule has 2 N–H and O–H groups in total. The molecule has 2 amide bonds. The summed E-state index contributed by atoms with van der Waals surface area (Å²) in [5.74, 6) is 1.49. The third kappa shape index (κ3) is 4.31. The highest BCUT2D eigenvalue weighted by molar-refractivity contribution is 5.78. The molecule has 0 bridgehead atoms. The standard InChI is InChI=1S/C24H36N8O3/c1-15-13-31(16(2)12-30(15)17-7-10-35-11-8-17)23(33)32-14-18-20(24(32,3)4)28-29-21(18)27-22-25-9-6-19(26-22)34-5/h6,9,15-17H,7-8,10-14H2,1-5H3,(H2,25,26,27,28,29)/t15-,16+/m1/s1. The van der Waals surface area contributed by atoms with Crippen LogP contribution >= 0.6 is 0 Å². The predicted molar refractivity (Wildman–Crippen MR) is 131 cm³/mol. The first-order valence-corrected chi connectivity index (χ1v) is 12.4. The van der Waals surface area contributed by atoms with Gasteiger partial charge < -0.3 is 24.6 Å². The van der Waals surface area contributed by atoms with Crippen LogP contribution in [0.25, 0.3) is 0 Å². The lowest BCUT2D eigenvalue weighted by molar-refractivity contribution is -0.0237. The summed E-state index contributed by atoms with van der Waals surface area (Å²) in [7, 11) is 1.57. The fourth-order valence-electron chi connectivity index (χ4n) is 5.65. The SMILES string of the molecule is COc1ccnc(Nc2n[nH]c3c2CN(C(=O)N2C[C@@H](C)N(C4CCOCC4)C[C@@H]2C)C3(C)C)n1. The average Bonchev–Trinajstić information content (AvgIpc) is 3.38. The number of carbonyl (C=O) groups excluding carboxylic acids is 1. The van der Waals surface area contributed by atoms with Crippen LogP contribution in [0.15, 0.2) is 12.3 Å². The molecule has 5 heterocycles. The lowest BCUT2D eigenvalue weighted by Crippen LogP contribution is -2.63. The van der Waals surface area contributed by atoms with Crippen LogP contribution in [-0.4, -0.2) is 92.4 Å². The van der Waals surface area contributed by atoms with Crippen molar-refractivity contribution in [2.24, 2.45) is 0 Å². The Bertz CT molecular complexity index is 1070. The molecule has 0 aromatic carbocycles. The molecule has 2 aromatic heterocycles. The maximum Gasteiger partial charge on any atom is 0.321 e. The van der Waals surface area contributed by atoms with Crippen LogP contribution in [-0.2, 0) is 16.8 Å². The van der Waals surface area contributed by atoms with Gasteiger partial charge in [-0.2, -0.15) is 10.1 Å². The summed E-state index contributed by atoms with van der Waals surface area (Å²) in [6, 6.07) is 2.74. The summed E-state index contributed by atoms with van der Waals surface area (Å²) in [6.07, 6.45) is 3.76. The minimum absolute atomic E-state index is 0.0640. The Hall–Kier alpha value is -2.92. The topological polar surface area (TPSA) is 112 Å². The fourth-order valence-corrected chi connectivity index (χ4v) is 5.65. The Morgan fingerprint density at radius 2 is 2.00 bits per heavy atom. The Morgan fingerprint density at radius 1 is 1.23 bits per heavy atom. The van der Waals surface area contributed by atoms with E-state index < -0.39 is 5.54 Å². The zero-order valence-electron chi connectivity index (χ0n) is 21.2. The van der Waals surface area contributed by atoms with E-state index >= 15 is 0 Å². The van der Waals surface area contributed by atoms with E-state index in [1.807, 2.05) is 9.80 Å². The number of anilines is 2. The van der Waals surface area contributed by atoms with E-state index in [0.717, 1.165) is 50.4 Å². The van der Waals surface area contributed by atoms with Crippen LogP contribution in [0, 0.1) is 0 Å². The normalized spacial score (nSPS) is 24.9. The van der Waals surface area contributed by atoms with Gasteiger partial charge in [0.25, 0.3) is 0 Å². The average molecular weight is 485 g/mol. The van der Waals surface area contributed by atoms with Crippen molar-refractivity contribution in [2.75, 3.05) is 38.7 Å². The second-order valence-electron chi connectivity index (χ2n) is 10.3. The van der Waals surface area contributed by atoms with E-state index in [-0.39, 0.29) is 12.1 Å². The van der Waals surface area contributed by atoms with Gasteiger partial charge in [-0.25, -0.2) is 9.78 Å². The van der Waals surface area contributed by atoms with Gasteiger partial charge in [0.1, 0.15) is 0 Å². The van der Waals surface area contributed by atoms with E-state index in [9.17, 15) is 4.79 Å². The Labute approximate surface area is 206 Å².